The first-order valence-corrected chi connectivity index (χ1v) is 6.94. The number of hydrogen-bond donors (Lipinski definition) is 0. The minimum absolute atomic E-state index is 0.333. The van der Waals surface area contributed by atoms with E-state index in [4.69, 9.17) is 5.26 Å². The number of nitriles is 1. The van der Waals surface area contributed by atoms with E-state index in [1.54, 1.807) is 0 Å². The lowest BCUT2D eigenvalue weighted by Gasteiger charge is -2.37. The maximum absolute atomic E-state index is 9.08. The van der Waals surface area contributed by atoms with Crippen molar-refractivity contribution in [1.82, 2.24) is 4.90 Å². The number of rotatable bonds is 2. The standard InChI is InChI=1S/C14H18N2S/c1-14(2)11-16(7-8-17-14)10-13-6-4-3-5-12(13)9-15/h3-6H,7-8,10-11H2,1-2H3. The second-order valence-corrected chi connectivity index (χ2v) is 6.89. The fraction of sp³-hybridized carbons (Fsp3) is 0.500. The molecule has 3 heteroatoms. The van der Waals surface area contributed by atoms with Gasteiger partial charge in [0, 0.05) is 30.1 Å². The predicted molar refractivity (Wildman–Crippen MR) is 73.0 cm³/mol. The summed E-state index contributed by atoms with van der Waals surface area (Å²) in [4.78, 5) is 2.45. The molecule has 1 fully saturated rings. The Morgan fingerprint density at radius 1 is 1.41 bits per heavy atom. The van der Waals surface area contributed by atoms with Crippen LogP contribution in [-0.4, -0.2) is 28.5 Å². The van der Waals surface area contributed by atoms with E-state index in [-0.39, 0.29) is 0 Å². The van der Waals surface area contributed by atoms with E-state index >= 15 is 0 Å². The lowest BCUT2D eigenvalue weighted by molar-refractivity contribution is 0.252. The zero-order valence-electron chi connectivity index (χ0n) is 10.4. The maximum atomic E-state index is 9.08. The molecule has 2 rings (SSSR count). The van der Waals surface area contributed by atoms with E-state index in [0.29, 0.717) is 4.75 Å². The number of benzene rings is 1. The van der Waals surface area contributed by atoms with Crippen molar-refractivity contribution in [2.75, 3.05) is 18.8 Å². The molecule has 0 unspecified atom stereocenters. The molecule has 1 aliphatic heterocycles. The summed E-state index contributed by atoms with van der Waals surface area (Å²) in [7, 11) is 0. The lowest BCUT2D eigenvalue weighted by Crippen LogP contribution is -2.42. The molecule has 0 aliphatic carbocycles. The van der Waals surface area contributed by atoms with Gasteiger partial charge in [-0.05, 0) is 25.5 Å². The fourth-order valence-corrected chi connectivity index (χ4v) is 3.43. The Bertz CT molecular complexity index is 434. The molecule has 1 aromatic rings. The van der Waals surface area contributed by atoms with Crippen LogP contribution in [0.2, 0.25) is 0 Å². The Morgan fingerprint density at radius 3 is 2.88 bits per heavy atom. The van der Waals surface area contributed by atoms with Crippen molar-refractivity contribution in [2.24, 2.45) is 0 Å². The van der Waals surface area contributed by atoms with E-state index in [9.17, 15) is 0 Å². The first-order chi connectivity index (χ1) is 8.11. The third-order valence-electron chi connectivity index (χ3n) is 3.04. The third kappa shape index (κ3) is 3.24. The van der Waals surface area contributed by atoms with Gasteiger partial charge in [-0.25, -0.2) is 0 Å². The van der Waals surface area contributed by atoms with E-state index in [1.165, 1.54) is 5.75 Å². The lowest BCUT2D eigenvalue weighted by atomic mass is 10.1. The Labute approximate surface area is 108 Å². The van der Waals surface area contributed by atoms with Gasteiger partial charge in [-0.3, -0.25) is 4.90 Å². The highest BCUT2D eigenvalue weighted by Crippen LogP contribution is 2.30. The van der Waals surface area contributed by atoms with E-state index < -0.39 is 0 Å². The monoisotopic (exact) mass is 246 g/mol. The van der Waals surface area contributed by atoms with E-state index in [0.717, 1.165) is 30.8 Å². The molecule has 0 radical (unpaired) electrons. The molecule has 1 heterocycles. The van der Waals surface area contributed by atoms with Crippen LogP contribution in [0.25, 0.3) is 0 Å². The van der Waals surface area contributed by atoms with Gasteiger partial charge in [0.1, 0.15) is 0 Å². The highest BCUT2D eigenvalue weighted by Gasteiger charge is 2.27. The average Bonchev–Trinajstić information content (AvgIpc) is 2.28. The summed E-state index contributed by atoms with van der Waals surface area (Å²) in [5.41, 5.74) is 1.96. The SMILES string of the molecule is CC1(C)CN(Cc2ccccc2C#N)CCS1. The van der Waals surface area contributed by atoms with Crippen molar-refractivity contribution >= 4 is 11.8 Å². The molecule has 0 aromatic heterocycles. The summed E-state index contributed by atoms with van der Waals surface area (Å²) < 4.78 is 0.333. The zero-order valence-corrected chi connectivity index (χ0v) is 11.3. The van der Waals surface area contributed by atoms with Gasteiger partial charge in [-0.2, -0.15) is 17.0 Å². The average molecular weight is 246 g/mol. The topological polar surface area (TPSA) is 27.0 Å². The highest BCUT2D eigenvalue weighted by molar-refractivity contribution is 8.00. The van der Waals surface area contributed by atoms with Crippen molar-refractivity contribution in [1.29, 1.82) is 5.26 Å². The molecule has 1 aliphatic rings. The zero-order chi connectivity index (χ0) is 12.3. The molecular weight excluding hydrogens is 228 g/mol. The Morgan fingerprint density at radius 2 is 2.18 bits per heavy atom. The van der Waals surface area contributed by atoms with Gasteiger partial charge < -0.3 is 0 Å². The van der Waals surface area contributed by atoms with Crippen molar-refractivity contribution in [3.8, 4) is 6.07 Å². The molecule has 0 spiro atoms. The van der Waals surface area contributed by atoms with Gasteiger partial charge in [0.25, 0.3) is 0 Å². The van der Waals surface area contributed by atoms with Crippen LogP contribution in [0.1, 0.15) is 25.0 Å². The molecule has 0 bridgehead atoms. The van der Waals surface area contributed by atoms with Crippen LogP contribution in [0, 0.1) is 11.3 Å². The Balaban J connectivity index is 2.08. The molecule has 0 atom stereocenters. The van der Waals surface area contributed by atoms with Crippen molar-refractivity contribution in [3.63, 3.8) is 0 Å². The largest absolute Gasteiger partial charge is 0.297 e. The van der Waals surface area contributed by atoms with Crippen LogP contribution in [0.15, 0.2) is 24.3 Å². The predicted octanol–water partition coefficient (Wildman–Crippen LogP) is 2.89. The van der Waals surface area contributed by atoms with Gasteiger partial charge in [0.15, 0.2) is 0 Å². The molecule has 0 saturated carbocycles. The number of nitrogens with zero attached hydrogens (tertiary/aromatic N) is 2. The minimum Gasteiger partial charge on any atom is -0.297 e. The maximum Gasteiger partial charge on any atom is 0.0995 e. The van der Waals surface area contributed by atoms with Gasteiger partial charge in [-0.15, -0.1) is 0 Å². The quantitative estimate of drug-likeness (QED) is 0.803. The molecule has 1 saturated heterocycles. The molecular formula is C14H18N2S. The van der Waals surface area contributed by atoms with E-state index in [2.05, 4.69) is 30.9 Å². The van der Waals surface area contributed by atoms with Gasteiger partial charge in [0.2, 0.25) is 0 Å². The van der Waals surface area contributed by atoms with Gasteiger partial charge in [0.05, 0.1) is 11.6 Å². The normalized spacial score (nSPS) is 19.8. The summed E-state index contributed by atoms with van der Waals surface area (Å²) in [6.45, 7) is 7.69. The molecule has 0 N–H and O–H groups in total. The molecule has 0 amide bonds. The summed E-state index contributed by atoms with van der Waals surface area (Å²) in [5.74, 6) is 1.18. The Hall–Kier alpha value is -0.980. The van der Waals surface area contributed by atoms with Crippen LogP contribution in [0.5, 0.6) is 0 Å². The summed E-state index contributed by atoms with van der Waals surface area (Å²) in [6.07, 6.45) is 0. The Kier molecular flexibility index (Phi) is 3.76. The number of hydrogen-bond acceptors (Lipinski definition) is 3. The van der Waals surface area contributed by atoms with Crippen LogP contribution in [0.4, 0.5) is 0 Å². The highest BCUT2D eigenvalue weighted by atomic mass is 32.2. The second kappa shape index (κ2) is 5.12. The van der Waals surface area contributed by atoms with Gasteiger partial charge >= 0.3 is 0 Å². The van der Waals surface area contributed by atoms with Crippen molar-refractivity contribution in [3.05, 3.63) is 35.4 Å². The van der Waals surface area contributed by atoms with Crippen LogP contribution in [-0.2, 0) is 6.54 Å². The van der Waals surface area contributed by atoms with Crippen LogP contribution >= 0.6 is 11.8 Å². The van der Waals surface area contributed by atoms with Gasteiger partial charge in [-0.1, -0.05) is 18.2 Å². The van der Waals surface area contributed by atoms with Crippen molar-refractivity contribution in [2.45, 2.75) is 25.1 Å². The number of thioether (sulfide) groups is 1. The van der Waals surface area contributed by atoms with Crippen LogP contribution in [0.3, 0.4) is 0 Å². The molecule has 1 aromatic carbocycles. The first kappa shape index (κ1) is 12.5. The minimum atomic E-state index is 0.333. The molecule has 2 nitrogen and oxygen atoms in total. The third-order valence-corrected chi connectivity index (χ3v) is 4.33. The fourth-order valence-electron chi connectivity index (χ4n) is 2.26. The second-order valence-electron chi connectivity index (χ2n) is 5.09. The molecule has 17 heavy (non-hydrogen) atoms. The van der Waals surface area contributed by atoms with Crippen LogP contribution < -0.4 is 0 Å². The summed E-state index contributed by atoms with van der Waals surface area (Å²) in [6, 6.07) is 10.2. The van der Waals surface area contributed by atoms with Crippen molar-refractivity contribution < 1.29 is 0 Å². The van der Waals surface area contributed by atoms with E-state index in [1.807, 2.05) is 30.0 Å². The summed E-state index contributed by atoms with van der Waals surface area (Å²) in [5, 5.41) is 9.08. The smallest absolute Gasteiger partial charge is 0.0995 e. The first-order valence-electron chi connectivity index (χ1n) is 5.95. The summed E-state index contributed by atoms with van der Waals surface area (Å²) >= 11 is 2.04. The molecule has 90 valence electrons.